The number of nitrogens with one attached hydrogen (secondary N) is 2. The number of hydrogen-bond donors (Lipinski definition) is 3. The van der Waals surface area contributed by atoms with Crippen molar-refractivity contribution < 1.29 is 14.4 Å². The molecule has 7 nitrogen and oxygen atoms in total. The first kappa shape index (κ1) is 18.9. The molecule has 1 atom stereocenters. The van der Waals surface area contributed by atoms with Gasteiger partial charge in [0.1, 0.15) is 6.04 Å². The highest BCUT2D eigenvalue weighted by Gasteiger charge is 2.39. The topological polar surface area (TPSA) is 105 Å². The summed E-state index contributed by atoms with van der Waals surface area (Å²) >= 11 is 0. The molecule has 3 rings (SSSR count). The van der Waals surface area contributed by atoms with Gasteiger partial charge < -0.3 is 16.0 Å². The number of carbonyl (C=O) groups is 3. The maximum atomic E-state index is 12.6. The van der Waals surface area contributed by atoms with Crippen LogP contribution in [0.15, 0.2) is 18.2 Å². The second kappa shape index (κ2) is 8.62. The third-order valence-corrected chi connectivity index (χ3v) is 4.04. The van der Waals surface area contributed by atoms with Crippen molar-refractivity contribution in [3.63, 3.8) is 0 Å². The molecule has 1 aromatic carbocycles. The summed E-state index contributed by atoms with van der Waals surface area (Å²) in [6, 6.07) is 4.89. The smallest absolute Gasteiger partial charge is 0.255 e. The van der Waals surface area contributed by atoms with Gasteiger partial charge in [0.25, 0.3) is 5.91 Å². The lowest BCUT2D eigenvalue weighted by Gasteiger charge is -2.29. The van der Waals surface area contributed by atoms with Crippen LogP contribution in [-0.2, 0) is 16.1 Å². The van der Waals surface area contributed by atoms with Crippen molar-refractivity contribution in [2.75, 3.05) is 18.4 Å². The summed E-state index contributed by atoms with van der Waals surface area (Å²) in [7, 11) is 0. The predicted molar refractivity (Wildman–Crippen MR) is 96.0 cm³/mol. The van der Waals surface area contributed by atoms with Gasteiger partial charge in [-0.3, -0.25) is 19.7 Å². The average molecular weight is 346 g/mol. The fraction of sp³-hybridized carbons (Fsp3) is 0.500. The lowest BCUT2D eigenvalue weighted by molar-refractivity contribution is -0.136. The van der Waals surface area contributed by atoms with E-state index in [1.54, 1.807) is 11.0 Å². The highest BCUT2D eigenvalue weighted by atomic mass is 16.2. The molecule has 0 aliphatic carbocycles. The molecule has 2 aliphatic rings. The molecule has 4 N–H and O–H groups in total. The zero-order valence-corrected chi connectivity index (χ0v) is 14.8. The SMILES string of the molecule is CCC.NCCNc1cccc2c1CN(C1CCC(=O)NC1=O)C2=O. The second-order valence-electron chi connectivity index (χ2n) is 6.15. The van der Waals surface area contributed by atoms with Crippen molar-refractivity contribution >= 4 is 23.4 Å². The van der Waals surface area contributed by atoms with Crippen LogP contribution in [0.25, 0.3) is 0 Å². The molecule has 1 unspecified atom stereocenters. The van der Waals surface area contributed by atoms with Gasteiger partial charge in [-0.25, -0.2) is 0 Å². The molecule has 3 amide bonds. The van der Waals surface area contributed by atoms with Gasteiger partial charge in [-0.1, -0.05) is 26.3 Å². The minimum Gasteiger partial charge on any atom is -0.383 e. The summed E-state index contributed by atoms with van der Waals surface area (Å²) in [5.41, 5.74) is 7.85. The molecule has 25 heavy (non-hydrogen) atoms. The van der Waals surface area contributed by atoms with Crippen LogP contribution in [0.4, 0.5) is 5.69 Å². The first-order chi connectivity index (χ1) is 12.0. The summed E-state index contributed by atoms with van der Waals surface area (Å²) < 4.78 is 0. The third kappa shape index (κ3) is 4.17. The highest BCUT2D eigenvalue weighted by molar-refractivity contribution is 6.06. The lowest BCUT2D eigenvalue weighted by atomic mass is 10.0. The van der Waals surface area contributed by atoms with Crippen molar-refractivity contribution in [1.82, 2.24) is 10.2 Å². The molecule has 0 spiro atoms. The molecule has 1 saturated heterocycles. The zero-order chi connectivity index (χ0) is 18.4. The van der Waals surface area contributed by atoms with E-state index in [2.05, 4.69) is 24.5 Å². The Labute approximate surface area is 147 Å². The zero-order valence-electron chi connectivity index (χ0n) is 14.8. The van der Waals surface area contributed by atoms with E-state index in [1.165, 1.54) is 6.42 Å². The van der Waals surface area contributed by atoms with Gasteiger partial charge >= 0.3 is 0 Å². The maximum absolute atomic E-state index is 12.6. The lowest BCUT2D eigenvalue weighted by Crippen LogP contribution is -2.52. The van der Waals surface area contributed by atoms with Gasteiger partial charge in [0.2, 0.25) is 11.8 Å². The largest absolute Gasteiger partial charge is 0.383 e. The van der Waals surface area contributed by atoms with E-state index < -0.39 is 11.9 Å². The number of imide groups is 1. The number of nitrogens with zero attached hydrogens (tertiary/aromatic N) is 1. The van der Waals surface area contributed by atoms with E-state index in [0.717, 1.165) is 11.3 Å². The Morgan fingerprint density at radius 3 is 2.64 bits per heavy atom. The fourth-order valence-corrected chi connectivity index (χ4v) is 2.96. The number of benzene rings is 1. The Balaban J connectivity index is 0.000000701. The molecule has 136 valence electrons. The molecule has 0 bridgehead atoms. The molecule has 0 radical (unpaired) electrons. The molecule has 0 aromatic heterocycles. The van der Waals surface area contributed by atoms with Crippen molar-refractivity contribution in [2.24, 2.45) is 5.73 Å². The molecule has 1 aromatic rings. The monoisotopic (exact) mass is 346 g/mol. The number of carbonyl (C=O) groups excluding carboxylic acids is 3. The third-order valence-electron chi connectivity index (χ3n) is 4.04. The van der Waals surface area contributed by atoms with E-state index in [1.807, 2.05) is 12.1 Å². The van der Waals surface area contributed by atoms with Crippen molar-refractivity contribution in [2.45, 2.75) is 45.7 Å². The number of nitrogens with two attached hydrogens (primary N) is 1. The molecule has 1 fully saturated rings. The normalized spacial score (nSPS) is 19.1. The number of amides is 3. The van der Waals surface area contributed by atoms with Crippen LogP contribution in [0.1, 0.15) is 49.0 Å². The average Bonchev–Trinajstić information content (AvgIpc) is 2.91. The molecule has 0 saturated carbocycles. The van der Waals surface area contributed by atoms with Gasteiger partial charge in [0.05, 0.1) is 0 Å². The number of anilines is 1. The number of fused-ring (bicyclic) bond motifs is 1. The van der Waals surface area contributed by atoms with Gasteiger partial charge in [-0.2, -0.15) is 0 Å². The second-order valence-corrected chi connectivity index (χ2v) is 6.15. The fourth-order valence-electron chi connectivity index (χ4n) is 2.96. The van der Waals surface area contributed by atoms with Crippen molar-refractivity contribution in [3.05, 3.63) is 29.3 Å². The summed E-state index contributed by atoms with van der Waals surface area (Å²) in [6.45, 7) is 5.73. The van der Waals surface area contributed by atoms with E-state index in [-0.39, 0.29) is 18.2 Å². The standard InChI is InChI=1S/C15H18N4O3.C3H8/c16-6-7-17-11-3-1-2-9-10(11)8-19(15(9)22)12-4-5-13(20)18-14(12)21;1-3-2/h1-3,12,17H,4-8,16H2,(H,18,20,21);3H2,1-2H3. The first-order valence-corrected chi connectivity index (χ1v) is 8.73. The molecular formula is C18H26N4O3. The van der Waals surface area contributed by atoms with Gasteiger partial charge in [0.15, 0.2) is 0 Å². The van der Waals surface area contributed by atoms with E-state index >= 15 is 0 Å². The van der Waals surface area contributed by atoms with Crippen LogP contribution in [0.3, 0.4) is 0 Å². The van der Waals surface area contributed by atoms with Crippen molar-refractivity contribution in [3.8, 4) is 0 Å². The molecule has 7 heteroatoms. The number of hydrogen-bond acceptors (Lipinski definition) is 5. The van der Waals surface area contributed by atoms with E-state index in [9.17, 15) is 14.4 Å². The van der Waals surface area contributed by atoms with Gasteiger partial charge in [0, 0.05) is 42.9 Å². The predicted octanol–water partition coefficient (Wildman–Crippen LogP) is 1.23. The van der Waals surface area contributed by atoms with Crippen LogP contribution < -0.4 is 16.4 Å². The molecule has 2 aliphatic heterocycles. The van der Waals surface area contributed by atoms with Crippen molar-refractivity contribution in [1.29, 1.82) is 0 Å². The number of piperidine rings is 1. The van der Waals surface area contributed by atoms with Crippen LogP contribution in [0, 0.1) is 0 Å². The summed E-state index contributed by atoms with van der Waals surface area (Å²) in [6.07, 6.45) is 1.88. The first-order valence-electron chi connectivity index (χ1n) is 8.73. The Morgan fingerprint density at radius 1 is 1.28 bits per heavy atom. The minimum absolute atomic E-state index is 0.166. The molecular weight excluding hydrogens is 320 g/mol. The van der Waals surface area contributed by atoms with Crippen LogP contribution >= 0.6 is 0 Å². The Morgan fingerprint density at radius 2 is 2.00 bits per heavy atom. The Bertz CT molecular complexity index is 660. The van der Waals surface area contributed by atoms with Gasteiger partial charge in [-0.15, -0.1) is 0 Å². The van der Waals surface area contributed by atoms with Crippen LogP contribution in [0.2, 0.25) is 0 Å². The summed E-state index contributed by atoms with van der Waals surface area (Å²) in [5.74, 6) is -0.842. The minimum atomic E-state index is -0.583. The Hall–Kier alpha value is -2.41. The van der Waals surface area contributed by atoms with E-state index in [4.69, 9.17) is 5.73 Å². The maximum Gasteiger partial charge on any atom is 0.255 e. The van der Waals surface area contributed by atoms with Crippen LogP contribution in [0.5, 0.6) is 0 Å². The summed E-state index contributed by atoms with van der Waals surface area (Å²) in [5, 5.41) is 5.50. The van der Waals surface area contributed by atoms with E-state index in [0.29, 0.717) is 31.6 Å². The Kier molecular flexibility index (Phi) is 6.52. The molecule has 2 heterocycles. The highest BCUT2D eigenvalue weighted by Crippen LogP contribution is 2.32. The number of rotatable bonds is 4. The van der Waals surface area contributed by atoms with Gasteiger partial charge in [-0.05, 0) is 18.6 Å². The van der Waals surface area contributed by atoms with Crippen LogP contribution in [-0.4, -0.2) is 41.8 Å². The summed E-state index contributed by atoms with van der Waals surface area (Å²) in [4.78, 5) is 37.3. The quantitative estimate of drug-likeness (QED) is 0.712.